The maximum absolute atomic E-state index is 12.5. The van der Waals surface area contributed by atoms with Crippen LogP contribution in [0.5, 0.6) is 0 Å². The smallest absolute Gasteiger partial charge is 0.409 e. The molecule has 1 aromatic heterocycles. The van der Waals surface area contributed by atoms with Crippen LogP contribution in [0, 0.1) is 0 Å². The minimum atomic E-state index is -0.295. The van der Waals surface area contributed by atoms with E-state index in [9.17, 15) is 9.59 Å². The lowest BCUT2D eigenvalue weighted by molar-refractivity contribution is 0.0856. The van der Waals surface area contributed by atoms with Crippen LogP contribution in [0.1, 0.15) is 42.7 Å². The van der Waals surface area contributed by atoms with Gasteiger partial charge in [0.25, 0.3) is 5.91 Å². The second-order valence-corrected chi connectivity index (χ2v) is 6.86. The molecule has 0 bridgehead atoms. The minimum Gasteiger partial charge on any atom is -0.450 e. The Labute approximate surface area is 170 Å². The summed E-state index contributed by atoms with van der Waals surface area (Å²) >= 11 is 0. The molecule has 2 amide bonds. The number of nitrogens with one attached hydrogen (secondary N) is 2. The number of nitrogens with zero attached hydrogens (tertiary/aromatic N) is 3. The SMILES string of the molecule is CCOC(=O)N1CCC(NC(=O)c2cnc(Nc3ccccc3CC)cn2)CC1. The van der Waals surface area contributed by atoms with Gasteiger partial charge in [-0.1, -0.05) is 25.1 Å². The van der Waals surface area contributed by atoms with E-state index in [1.54, 1.807) is 18.0 Å². The average Bonchev–Trinajstić information content (AvgIpc) is 2.75. The third-order valence-electron chi connectivity index (χ3n) is 4.90. The van der Waals surface area contributed by atoms with Crippen molar-refractivity contribution in [2.24, 2.45) is 0 Å². The van der Waals surface area contributed by atoms with Crippen LogP contribution < -0.4 is 10.6 Å². The molecule has 0 radical (unpaired) electrons. The van der Waals surface area contributed by atoms with Crippen LogP contribution >= 0.6 is 0 Å². The first-order chi connectivity index (χ1) is 14.1. The Kier molecular flexibility index (Phi) is 6.99. The first-order valence-corrected chi connectivity index (χ1v) is 10.00. The molecule has 0 unspecified atom stereocenters. The minimum absolute atomic E-state index is 0.00390. The molecule has 1 aliphatic rings. The number of ether oxygens (including phenoxy) is 1. The fraction of sp³-hybridized carbons (Fsp3) is 0.429. The van der Waals surface area contributed by atoms with Crippen LogP contribution in [0.15, 0.2) is 36.7 Å². The number of piperidine rings is 1. The molecule has 1 fully saturated rings. The standard InChI is InChI=1S/C21H27N5O3/c1-3-15-7-5-6-8-17(15)25-19-14-22-18(13-23-19)20(27)24-16-9-11-26(12-10-16)21(28)29-4-2/h5-8,13-14,16H,3-4,9-12H2,1-2H3,(H,23,25)(H,24,27). The normalized spacial score (nSPS) is 14.3. The van der Waals surface area contributed by atoms with Gasteiger partial charge in [-0.05, 0) is 37.8 Å². The number of rotatable bonds is 6. The highest BCUT2D eigenvalue weighted by molar-refractivity contribution is 5.92. The molecule has 0 saturated carbocycles. The summed E-state index contributed by atoms with van der Waals surface area (Å²) in [6, 6.07) is 8.02. The molecular formula is C21H27N5O3. The molecule has 1 aromatic carbocycles. The molecule has 2 heterocycles. The van der Waals surface area contributed by atoms with Gasteiger partial charge in [0.15, 0.2) is 0 Å². The number of amides is 2. The van der Waals surface area contributed by atoms with Crippen molar-refractivity contribution in [2.45, 2.75) is 39.2 Å². The van der Waals surface area contributed by atoms with E-state index in [1.807, 2.05) is 18.2 Å². The zero-order valence-electron chi connectivity index (χ0n) is 16.9. The van der Waals surface area contributed by atoms with Gasteiger partial charge in [-0.3, -0.25) is 4.79 Å². The number of hydrogen-bond donors (Lipinski definition) is 2. The molecule has 0 spiro atoms. The van der Waals surface area contributed by atoms with Crippen LogP contribution in [-0.4, -0.2) is 52.6 Å². The number of hydrogen-bond acceptors (Lipinski definition) is 6. The molecule has 8 heteroatoms. The van der Waals surface area contributed by atoms with Gasteiger partial charge in [-0.15, -0.1) is 0 Å². The van der Waals surface area contributed by atoms with E-state index in [0.29, 0.717) is 38.4 Å². The van der Waals surface area contributed by atoms with Crippen molar-refractivity contribution < 1.29 is 14.3 Å². The molecular weight excluding hydrogens is 370 g/mol. The number of aromatic nitrogens is 2. The molecule has 0 atom stereocenters. The fourth-order valence-electron chi connectivity index (χ4n) is 3.28. The summed E-state index contributed by atoms with van der Waals surface area (Å²) in [5.41, 5.74) is 2.44. The van der Waals surface area contributed by atoms with Crippen molar-refractivity contribution in [2.75, 3.05) is 25.0 Å². The number of benzene rings is 1. The number of aryl methyl sites for hydroxylation is 1. The molecule has 8 nitrogen and oxygen atoms in total. The summed E-state index contributed by atoms with van der Waals surface area (Å²) in [4.78, 5) is 34.4. The van der Waals surface area contributed by atoms with E-state index in [-0.39, 0.29) is 23.7 Å². The summed E-state index contributed by atoms with van der Waals surface area (Å²) in [5, 5.41) is 6.22. The highest BCUT2D eigenvalue weighted by Crippen LogP contribution is 2.19. The second-order valence-electron chi connectivity index (χ2n) is 6.86. The molecule has 154 valence electrons. The molecule has 2 aromatic rings. The Morgan fingerprint density at radius 2 is 1.90 bits per heavy atom. The van der Waals surface area contributed by atoms with Crippen LogP contribution in [0.3, 0.4) is 0 Å². The molecule has 1 aliphatic heterocycles. The van der Waals surface area contributed by atoms with Crippen molar-refractivity contribution in [3.05, 3.63) is 47.9 Å². The van der Waals surface area contributed by atoms with Crippen LogP contribution in [0.2, 0.25) is 0 Å². The first-order valence-electron chi connectivity index (χ1n) is 10.00. The maximum Gasteiger partial charge on any atom is 0.409 e. The van der Waals surface area contributed by atoms with E-state index in [4.69, 9.17) is 4.74 Å². The van der Waals surface area contributed by atoms with Gasteiger partial charge >= 0.3 is 6.09 Å². The largest absolute Gasteiger partial charge is 0.450 e. The second kappa shape index (κ2) is 9.86. The lowest BCUT2D eigenvalue weighted by atomic mass is 10.1. The van der Waals surface area contributed by atoms with Crippen LogP contribution in [0.4, 0.5) is 16.3 Å². The van der Waals surface area contributed by atoms with Crippen molar-refractivity contribution in [3.8, 4) is 0 Å². The zero-order chi connectivity index (χ0) is 20.6. The Balaban J connectivity index is 1.52. The Morgan fingerprint density at radius 1 is 1.14 bits per heavy atom. The number of para-hydroxylation sites is 1. The van der Waals surface area contributed by atoms with E-state index >= 15 is 0 Å². The lowest BCUT2D eigenvalue weighted by Crippen LogP contribution is -2.46. The summed E-state index contributed by atoms with van der Waals surface area (Å²) < 4.78 is 5.01. The third-order valence-corrected chi connectivity index (χ3v) is 4.90. The number of carbonyl (C=O) groups is 2. The predicted molar refractivity (Wildman–Crippen MR) is 110 cm³/mol. The van der Waals surface area contributed by atoms with Crippen molar-refractivity contribution in [1.82, 2.24) is 20.2 Å². The first kappa shape index (κ1) is 20.6. The van der Waals surface area contributed by atoms with Crippen LogP contribution in [0.25, 0.3) is 0 Å². The molecule has 29 heavy (non-hydrogen) atoms. The monoisotopic (exact) mass is 397 g/mol. The summed E-state index contributed by atoms with van der Waals surface area (Å²) in [7, 11) is 0. The summed E-state index contributed by atoms with van der Waals surface area (Å²) in [6.45, 7) is 5.37. The summed E-state index contributed by atoms with van der Waals surface area (Å²) in [5.74, 6) is 0.331. The van der Waals surface area contributed by atoms with E-state index in [2.05, 4.69) is 33.6 Å². The average molecular weight is 397 g/mol. The fourth-order valence-corrected chi connectivity index (χ4v) is 3.28. The van der Waals surface area contributed by atoms with Gasteiger partial charge in [0.2, 0.25) is 0 Å². The van der Waals surface area contributed by atoms with E-state index < -0.39 is 0 Å². The van der Waals surface area contributed by atoms with E-state index in [0.717, 1.165) is 12.1 Å². The molecule has 0 aliphatic carbocycles. The molecule has 3 rings (SSSR count). The van der Waals surface area contributed by atoms with Crippen molar-refractivity contribution in [3.63, 3.8) is 0 Å². The number of likely N-dealkylation sites (tertiary alicyclic amines) is 1. The van der Waals surface area contributed by atoms with Gasteiger partial charge in [0.05, 0.1) is 19.0 Å². The van der Waals surface area contributed by atoms with Crippen molar-refractivity contribution >= 4 is 23.5 Å². The number of anilines is 2. The van der Waals surface area contributed by atoms with E-state index in [1.165, 1.54) is 11.8 Å². The quantitative estimate of drug-likeness (QED) is 0.777. The van der Waals surface area contributed by atoms with Crippen molar-refractivity contribution in [1.29, 1.82) is 0 Å². The predicted octanol–water partition coefficient (Wildman–Crippen LogP) is 3.13. The topological polar surface area (TPSA) is 96.5 Å². The highest BCUT2D eigenvalue weighted by atomic mass is 16.6. The molecule has 2 N–H and O–H groups in total. The molecule has 1 saturated heterocycles. The van der Waals surface area contributed by atoms with Gasteiger partial charge in [0, 0.05) is 24.8 Å². The lowest BCUT2D eigenvalue weighted by Gasteiger charge is -2.31. The van der Waals surface area contributed by atoms with Gasteiger partial charge in [-0.2, -0.15) is 0 Å². The third kappa shape index (κ3) is 5.43. The maximum atomic E-state index is 12.5. The van der Waals surface area contributed by atoms with Gasteiger partial charge < -0.3 is 20.3 Å². The Hall–Kier alpha value is -3.16. The Morgan fingerprint density at radius 3 is 2.55 bits per heavy atom. The van der Waals surface area contributed by atoms with Crippen LogP contribution in [-0.2, 0) is 11.2 Å². The number of carbonyl (C=O) groups excluding carboxylic acids is 2. The van der Waals surface area contributed by atoms with Gasteiger partial charge in [-0.25, -0.2) is 14.8 Å². The van der Waals surface area contributed by atoms with Gasteiger partial charge in [0.1, 0.15) is 11.5 Å². The zero-order valence-corrected chi connectivity index (χ0v) is 16.9. The Bertz CT molecular complexity index is 832. The summed E-state index contributed by atoms with van der Waals surface area (Å²) in [6.07, 6.45) is 5.02. The highest BCUT2D eigenvalue weighted by Gasteiger charge is 2.25.